The standard InChI is InChI=1S/2C14H26O2/c1-11(2)9-13(5,15)7-8-14(6,16)10-12(3)4;1-3-5-7-9-13(15)11-12-14(16)10-8-6-4-2/h11-12,15-16H,9-10H2,1-6H3;13-16H,3-10H2,1-2H3. The Hall–Kier alpha value is -1.04. The van der Waals surface area contributed by atoms with Crippen molar-refractivity contribution in [3.05, 3.63) is 0 Å². The average molecular weight is 453 g/mol. The smallest absolute Gasteiger partial charge is 0.123 e. The Morgan fingerprint density at radius 3 is 1.19 bits per heavy atom. The molecule has 0 aromatic rings. The molecule has 0 spiro atoms. The fourth-order valence-electron chi connectivity index (χ4n) is 3.47. The third kappa shape index (κ3) is 23.6. The maximum Gasteiger partial charge on any atom is 0.123 e. The fourth-order valence-corrected chi connectivity index (χ4v) is 3.47. The van der Waals surface area contributed by atoms with Crippen LogP contribution < -0.4 is 0 Å². The van der Waals surface area contributed by atoms with Gasteiger partial charge in [-0.05, 0) is 64.2 Å². The molecule has 0 aromatic carbocycles. The lowest BCUT2D eigenvalue weighted by Crippen LogP contribution is -2.28. The average Bonchev–Trinajstić information content (AvgIpc) is 2.64. The first kappa shape index (κ1) is 33.1. The van der Waals surface area contributed by atoms with E-state index in [0.717, 1.165) is 51.4 Å². The van der Waals surface area contributed by atoms with Crippen LogP contribution in [-0.4, -0.2) is 43.8 Å². The molecule has 0 aliphatic rings. The van der Waals surface area contributed by atoms with Gasteiger partial charge in [-0.15, -0.1) is 0 Å². The molecule has 0 amide bonds. The van der Waals surface area contributed by atoms with Gasteiger partial charge in [0.1, 0.15) is 23.4 Å². The summed E-state index contributed by atoms with van der Waals surface area (Å²) in [6.45, 7) is 15.8. The molecule has 4 atom stereocenters. The zero-order valence-corrected chi connectivity index (χ0v) is 22.2. The molecule has 32 heavy (non-hydrogen) atoms. The highest BCUT2D eigenvalue weighted by molar-refractivity contribution is 5.19. The predicted octanol–water partition coefficient (Wildman–Crippen LogP) is 5.46. The van der Waals surface area contributed by atoms with Gasteiger partial charge in [-0.2, -0.15) is 0 Å². The Balaban J connectivity index is 0. The molecule has 0 aliphatic carbocycles. The van der Waals surface area contributed by atoms with Gasteiger partial charge in [0.2, 0.25) is 0 Å². The van der Waals surface area contributed by atoms with E-state index in [1.165, 1.54) is 0 Å². The second-order valence-corrected chi connectivity index (χ2v) is 10.3. The summed E-state index contributed by atoms with van der Waals surface area (Å²) in [6.07, 6.45) is 8.17. The van der Waals surface area contributed by atoms with Gasteiger partial charge in [-0.25, -0.2) is 0 Å². The summed E-state index contributed by atoms with van der Waals surface area (Å²) < 4.78 is 0. The van der Waals surface area contributed by atoms with Crippen LogP contribution in [0.2, 0.25) is 0 Å². The quantitative estimate of drug-likeness (QED) is 0.234. The Kier molecular flexibility index (Phi) is 19.0. The summed E-state index contributed by atoms with van der Waals surface area (Å²) in [5.74, 6) is 11.8. The summed E-state index contributed by atoms with van der Waals surface area (Å²) in [7, 11) is 0. The Labute approximate surface area is 199 Å². The normalized spacial score (nSPS) is 16.4. The number of aliphatic hydroxyl groups excluding tert-OH is 2. The fraction of sp³-hybridized carbons (Fsp3) is 0.857. The number of rotatable bonds is 12. The van der Waals surface area contributed by atoms with Crippen LogP contribution in [0.1, 0.15) is 120 Å². The van der Waals surface area contributed by atoms with Gasteiger partial charge in [0, 0.05) is 0 Å². The van der Waals surface area contributed by atoms with Crippen LogP contribution in [0.15, 0.2) is 0 Å². The van der Waals surface area contributed by atoms with Crippen LogP contribution in [0.4, 0.5) is 0 Å². The lowest BCUT2D eigenvalue weighted by atomic mass is 9.91. The van der Waals surface area contributed by atoms with E-state index in [1.807, 2.05) is 27.7 Å². The maximum atomic E-state index is 10.00. The minimum Gasteiger partial charge on any atom is -0.380 e. The van der Waals surface area contributed by atoms with Crippen molar-refractivity contribution in [1.82, 2.24) is 0 Å². The predicted molar refractivity (Wildman–Crippen MR) is 136 cm³/mol. The van der Waals surface area contributed by atoms with E-state index in [0.29, 0.717) is 24.7 Å². The third-order valence-electron chi connectivity index (χ3n) is 4.79. The Morgan fingerprint density at radius 2 is 0.938 bits per heavy atom. The third-order valence-corrected chi connectivity index (χ3v) is 4.79. The van der Waals surface area contributed by atoms with Crippen molar-refractivity contribution in [3.8, 4) is 23.7 Å². The lowest BCUT2D eigenvalue weighted by molar-refractivity contribution is 0.0859. The second-order valence-electron chi connectivity index (χ2n) is 10.3. The number of unbranched alkanes of at least 4 members (excludes halogenated alkanes) is 4. The summed E-state index contributed by atoms with van der Waals surface area (Å²) in [5.41, 5.74) is -2.01. The maximum absolute atomic E-state index is 10.00. The SMILES string of the molecule is CC(C)CC(C)(O)C#CC(C)(O)CC(C)C.CCCCCC(O)C#CC(O)CCCCC. The van der Waals surface area contributed by atoms with Crippen molar-refractivity contribution in [3.63, 3.8) is 0 Å². The first-order chi connectivity index (χ1) is 14.7. The topological polar surface area (TPSA) is 80.9 Å². The van der Waals surface area contributed by atoms with Crippen LogP contribution in [0.5, 0.6) is 0 Å². The van der Waals surface area contributed by atoms with Gasteiger partial charge in [0.05, 0.1) is 0 Å². The van der Waals surface area contributed by atoms with Gasteiger partial charge in [0.25, 0.3) is 0 Å². The molecular weight excluding hydrogens is 400 g/mol. The largest absolute Gasteiger partial charge is 0.380 e. The van der Waals surface area contributed by atoms with Crippen LogP contribution in [-0.2, 0) is 0 Å². The molecule has 4 heteroatoms. The Bertz CT molecular complexity index is 524. The molecule has 188 valence electrons. The minimum atomic E-state index is -1.00. The van der Waals surface area contributed by atoms with Crippen molar-refractivity contribution in [2.45, 2.75) is 143 Å². The second kappa shape index (κ2) is 18.4. The molecular formula is C28H52O4. The van der Waals surface area contributed by atoms with Gasteiger partial charge in [-0.1, -0.05) is 90.9 Å². The Morgan fingerprint density at radius 1 is 0.625 bits per heavy atom. The zero-order valence-electron chi connectivity index (χ0n) is 22.2. The lowest BCUT2D eigenvalue weighted by Gasteiger charge is -2.22. The first-order valence-electron chi connectivity index (χ1n) is 12.6. The molecule has 0 aliphatic heterocycles. The molecule has 0 saturated heterocycles. The molecule has 4 unspecified atom stereocenters. The zero-order chi connectivity index (χ0) is 25.2. The van der Waals surface area contributed by atoms with Crippen molar-refractivity contribution in [2.24, 2.45) is 11.8 Å². The first-order valence-corrected chi connectivity index (χ1v) is 12.6. The summed E-state index contributed by atoms with van der Waals surface area (Å²) >= 11 is 0. The van der Waals surface area contributed by atoms with Crippen molar-refractivity contribution >= 4 is 0 Å². The highest BCUT2D eigenvalue weighted by Gasteiger charge is 2.22. The molecule has 0 radical (unpaired) electrons. The van der Waals surface area contributed by atoms with Crippen molar-refractivity contribution in [2.75, 3.05) is 0 Å². The van der Waals surface area contributed by atoms with Crippen LogP contribution in [0, 0.1) is 35.5 Å². The van der Waals surface area contributed by atoms with Gasteiger partial charge >= 0.3 is 0 Å². The van der Waals surface area contributed by atoms with E-state index in [4.69, 9.17) is 0 Å². The van der Waals surface area contributed by atoms with E-state index in [-0.39, 0.29) is 0 Å². The summed E-state index contributed by atoms with van der Waals surface area (Å²) in [6, 6.07) is 0. The molecule has 0 fully saturated rings. The summed E-state index contributed by atoms with van der Waals surface area (Å²) in [5, 5.41) is 39.0. The van der Waals surface area contributed by atoms with E-state index >= 15 is 0 Å². The molecule has 0 saturated carbocycles. The molecule has 0 rings (SSSR count). The van der Waals surface area contributed by atoms with Crippen molar-refractivity contribution < 1.29 is 20.4 Å². The summed E-state index contributed by atoms with van der Waals surface area (Å²) in [4.78, 5) is 0. The van der Waals surface area contributed by atoms with E-state index < -0.39 is 23.4 Å². The van der Waals surface area contributed by atoms with Crippen LogP contribution in [0.3, 0.4) is 0 Å². The molecule has 0 aromatic heterocycles. The number of hydrogen-bond acceptors (Lipinski definition) is 4. The highest BCUT2D eigenvalue weighted by atomic mass is 16.3. The molecule has 0 bridgehead atoms. The number of aliphatic hydroxyl groups is 4. The van der Waals surface area contributed by atoms with Gasteiger partial charge in [-0.3, -0.25) is 0 Å². The van der Waals surface area contributed by atoms with E-state index in [2.05, 4.69) is 37.5 Å². The number of hydrogen-bond donors (Lipinski definition) is 4. The van der Waals surface area contributed by atoms with E-state index in [1.54, 1.807) is 13.8 Å². The van der Waals surface area contributed by atoms with Gasteiger partial charge in [0.15, 0.2) is 0 Å². The monoisotopic (exact) mass is 452 g/mol. The molecule has 4 N–H and O–H groups in total. The van der Waals surface area contributed by atoms with Gasteiger partial charge < -0.3 is 20.4 Å². The molecule has 0 heterocycles. The minimum absolute atomic E-state index is 0.388. The van der Waals surface area contributed by atoms with Crippen molar-refractivity contribution in [1.29, 1.82) is 0 Å². The van der Waals surface area contributed by atoms with Crippen LogP contribution >= 0.6 is 0 Å². The molecule has 4 nitrogen and oxygen atoms in total. The van der Waals surface area contributed by atoms with E-state index in [9.17, 15) is 20.4 Å². The van der Waals surface area contributed by atoms with Crippen LogP contribution in [0.25, 0.3) is 0 Å². The highest BCUT2D eigenvalue weighted by Crippen LogP contribution is 2.18.